The minimum absolute atomic E-state index is 0.0861. The number of nitrogens with two attached hydrogens (primary N) is 1. The Bertz CT molecular complexity index is 979. The van der Waals surface area contributed by atoms with Crippen molar-refractivity contribution in [2.45, 2.75) is 62.5 Å². The molecule has 1 heterocycles. The number of amides is 1. The van der Waals surface area contributed by atoms with Crippen LogP contribution in [-0.2, 0) is 14.8 Å². The average molecular weight is 440 g/mol. The lowest BCUT2D eigenvalue weighted by Crippen LogP contribution is -2.38. The van der Waals surface area contributed by atoms with Gasteiger partial charge >= 0.3 is 6.09 Å². The molecule has 2 aromatic rings. The highest BCUT2D eigenvalue weighted by atomic mass is 32.2. The van der Waals surface area contributed by atoms with Crippen molar-refractivity contribution in [2.24, 2.45) is 5.14 Å². The number of primary sulfonamides is 1. The number of benzene rings is 1. The minimum Gasteiger partial charge on any atom is -0.508 e. The number of phenolic OH excluding ortho intramolecular Hbond substituents is 1. The van der Waals surface area contributed by atoms with Crippen LogP contribution in [0.4, 0.5) is 4.79 Å². The maximum Gasteiger partial charge on any atom is 0.407 e. The van der Waals surface area contributed by atoms with Gasteiger partial charge in [0, 0.05) is 29.8 Å². The summed E-state index contributed by atoms with van der Waals surface area (Å²) in [6.07, 6.45) is 4.51. The minimum atomic E-state index is -3.98. The van der Waals surface area contributed by atoms with Gasteiger partial charge in [-0.1, -0.05) is 0 Å². The second kappa shape index (κ2) is 8.68. The fourth-order valence-electron chi connectivity index (χ4n) is 3.45. The van der Waals surface area contributed by atoms with Gasteiger partial charge in [0.15, 0.2) is 0 Å². The molecule has 1 amide bonds. The van der Waals surface area contributed by atoms with Gasteiger partial charge in [-0.25, -0.2) is 23.3 Å². The van der Waals surface area contributed by atoms with Gasteiger partial charge in [0.1, 0.15) is 5.75 Å². The van der Waals surface area contributed by atoms with Crippen LogP contribution >= 0.6 is 11.3 Å². The predicted octanol–water partition coefficient (Wildman–Crippen LogP) is 3.32. The highest BCUT2D eigenvalue weighted by Gasteiger charge is 2.27. The van der Waals surface area contributed by atoms with E-state index in [9.17, 15) is 18.3 Å². The molecule has 0 radical (unpaired) electrons. The lowest BCUT2D eigenvalue weighted by atomic mass is 9.86. The van der Waals surface area contributed by atoms with Gasteiger partial charge in [-0.3, -0.25) is 0 Å². The van der Waals surface area contributed by atoms with Crippen molar-refractivity contribution in [3.05, 3.63) is 29.4 Å². The number of thiazole rings is 1. The molecule has 0 aliphatic heterocycles. The number of nitrogens with one attached hydrogen (secondary N) is 1. The normalized spacial score (nSPS) is 19.9. The molecule has 3 rings (SSSR count). The van der Waals surface area contributed by atoms with Gasteiger partial charge in [-0.15, -0.1) is 11.3 Å². The Morgan fingerprint density at radius 1 is 1.31 bits per heavy atom. The standard InChI is InChI=1S/C19H25N3O5S2/c1-11(2)27-19(24)22-13-5-3-12(4-6-13)18-21-10-16(28-18)15-8-7-14(23)9-17(15)29(20,25)26/h7-13,23H,3-6H2,1-2H3,(H,22,24)(H2,20,25,26). The lowest BCUT2D eigenvalue weighted by Gasteiger charge is -2.28. The first kappa shape index (κ1) is 21.5. The molecule has 1 aromatic heterocycles. The van der Waals surface area contributed by atoms with Gasteiger partial charge in [-0.2, -0.15) is 0 Å². The molecule has 4 N–H and O–H groups in total. The van der Waals surface area contributed by atoms with Crippen molar-refractivity contribution in [2.75, 3.05) is 0 Å². The van der Waals surface area contributed by atoms with Crippen molar-refractivity contribution in [3.8, 4) is 16.2 Å². The molecule has 1 aliphatic carbocycles. The zero-order valence-corrected chi connectivity index (χ0v) is 17.9. The van der Waals surface area contributed by atoms with Crippen molar-refractivity contribution < 1.29 is 23.1 Å². The van der Waals surface area contributed by atoms with Crippen molar-refractivity contribution in [3.63, 3.8) is 0 Å². The van der Waals surface area contributed by atoms with Crippen LogP contribution in [0, 0.1) is 0 Å². The van der Waals surface area contributed by atoms with Gasteiger partial charge in [-0.05, 0) is 51.7 Å². The Balaban J connectivity index is 1.69. The molecule has 0 atom stereocenters. The zero-order chi connectivity index (χ0) is 21.2. The molecule has 29 heavy (non-hydrogen) atoms. The Labute approximate surface area is 174 Å². The first-order valence-electron chi connectivity index (χ1n) is 9.42. The number of aromatic hydroxyl groups is 1. The summed E-state index contributed by atoms with van der Waals surface area (Å²) >= 11 is 1.43. The Hall–Kier alpha value is -2.17. The summed E-state index contributed by atoms with van der Waals surface area (Å²) in [7, 11) is -3.98. The van der Waals surface area contributed by atoms with Crippen LogP contribution in [0.5, 0.6) is 5.75 Å². The molecule has 0 saturated heterocycles. The second-order valence-electron chi connectivity index (χ2n) is 7.44. The van der Waals surface area contributed by atoms with E-state index in [0.29, 0.717) is 10.4 Å². The van der Waals surface area contributed by atoms with Crippen molar-refractivity contribution in [1.82, 2.24) is 10.3 Å². The number of rotatable bonds is 5. The maximum absolute atomic E-state index is 11.9. The predicted molar refractivity (Wildman–Crippen MR) is 110 cm³/mol. The molecule has 0 bridgehead atoms. The first-order chi connectivity index (χ1) is 13.6. The summed E-state index contributed by atoms with van der Waals surface area (Å²) in [6, 6.07) is 4.20. The summed E-state index contributed by atoms with van der Waals surface area (Å²) in [6.45, 7) is 3.62. The second-order valence-corrected chi connectivity index (χ2v) is 10.0. The van der Waals surface area contributed by atoms with E-state index >= 15 is 0 Å². The van der Waals surface area contributed by atoms with Crippen molar-refractivity contribution >= 4 is 27.5 Å². The van der Waals surface area contributed by atoms with Gasteiger partial charge in [0.05, 0.1) is 20.9 Å². The van der Waals surface area contributed by atoms with E-state index < -0.39 is 10.0 Å². The first-order valence-corrected chi connectivity index (χ1v) is 11.8. The number of ether oxygens (including phenoxy) is 1. The third kappa shape index (κ3) is 5.46. The van der Waals surface area contributed by atoms with Crippen LogP contribution in [-0.4, -0.2) is 36.7 Å². The fourth-order valence-corrected chi connectivity index (χ4v) is 5.41. The Morgan fingerprint density at radius 3 is 2.62 bits per heavy atom. The number of aromatic nitrogens is 1. The smallest absolute Gasteiger partial charge is 0.407 e. The average Bonchev–Trinajstić information content (AvgIpc) is 3.10. The number of carbonyl (C=O) groups is 1. The maximum atomic E-state index is 11.9. The van der Waals surface area contributed by atoms with Crippen LogP contribution in [0.25, 0.3) is 10.4 Å². The molecule has 1 aromatic carbocycles. The summed E-state index contributed by atoms with van der Waals surface area (Å²) in [4.78, 5) is 16.8. The molecule has 1 aliphatic rings. The summed E-state index contributed by atoms with van der Waals surface area (Å²) in [5, 5.41) is 18.7. The summed E-state index contributed by atoms with van der Waals surface area (Å²) in [5.41, 5.74) is 0.431. The molecule has 1 saturated carbocycles. The highest BCUT2D eigenvalue weighted by Crippen LogP contribution is 2.39. The summed E-state index contributed by atoms with van der Waals surface area (Å²) < 4.78 is 28.9. The highest BCUT2D eigenvalue weighted by molar-refractivity contribution is 7.89. The number of alkyl carbamates (subject to hydrolysis) is 1. The number of sulfonamides is 1. The van der Waals surface area contributed by atoms with Gasteiger partial charge in [0.2, 0.25) is 10.0 Å². The molecule has 0 spiro atoms. The van der Waals surface area contributed by atoms with Crippen molar-refractivity contribution in [1.29, 1.82) is 0 Å². The van der Waals surface area contributed by atoms with Gasteiger partial charge < -0.3 is 15.2 Å². The van der Waals surface area contributed by atoms with E-state index in [1.165, 1.54) is 23.5 Å². The SMILES string of the molecule is CC(C)OC(=O)NC1CCC(c2ncc(-c3ccc(O)cc3S(N)(=O)=O)s2)CC1. The van der Waals surface area contributed by atoms with Crippen LogP contribution in [0.1, 0.15) is 50.5 Å². The number of phenols is 1. The number of hydrogen-bond donors (Lipinski definition) is 3. The van der Waals surface area contributed by atoms with E-state index in [4.69, 9.17) is 9.88 Å². The number of hydrogen-bond acceptors (Lipinski definition) is 7. The van der Waals surface area contributed by atoms with Gasteiger partial charge in [0.25, 0.3) is 0 Å². The van der Waals surface area contributed by atoms with E-state index in [-0.39, 0.29) is 34.8 Å². The van der Waals surface area contributed by atoms with E-state index in [1.54, 1.807) is 6.20 Å². The third-order valence-electron chi connectivity index (χ3n) is 4.80. The van der Waals surface area contributed by atoms with E-state index in [0.717, 1.165) is 36.8 Å². The number of nitrogens with zero attached hydrogens (tertiary/aromatic N) is 1. The molecule has 8 nitrogen and oxygen atoms in total. The molecule has 0 unspecified atom stereocenters. The Morgan fingerprint density at radius 2 is 2.00 bits per heavy atom. The quantitative estimate of drug-likeness (QED) is 0.655. The van der Waals surface area contributed by atoms with Crippen LogP contribution in [0.2, 0.25) is 0 Å². The lowest BCUT2D eigenvalue weighted by molar-refractivity contribution is 0.109. The molecule has 158 valence electrons. The Kier molecular flexibility index (Phi) is 6.45. The largest absolute Gasteiger partial charge is 0.508 e. The molecular weight excluding hydrogens is 414 g/mol. The topological polar surface area (TPSA) is 132 Å². The van der Waals surface area contributed by atoms with E-state index in [2.05, 4.69) is 10.3 Å². The molecular formula is C19H25N3O5S2. The molecule has 10 heteroatoms. The molecule has 1 fully saturated rings. The zero-order valence-electron chi connectivity index (χ0n) is 16.3. The monoisotopic (exact) mass is 439 g/mol. The van der Waals surface area contributed by atoms with E-state index in [1.807, 2.05) is 13.8 Å². The number of carbonyl (C=O) groups excluding carboxylic acids is 1. The third-order valence-corrected chi connectivity index (χ3v) is 6.95. The summed E-state index contributed by atoms with van der Waals surface area (Å²) in [5.74, 6) is 0.0901. The van der Waals surface area contributed by atoms with Crippen LogP contribution in [0.15, 0.2) is 29.3 Å². The van der Waals surface area contributed by atoms with Crippen LogP contribution < -0.4 is 10.5 Å². The fraction of sp³-hybridized carbons (Fsp3) is 0.474. The van der Waals surface area contributed by atoms with Crippen LogP contribution in [0.3, 0.4) is 0 Å².